The van der Waals surface area contributed by atoms with Crippen LogP contribution in [0.5, 0.6) is 0 Å². The molecule has 0 aliphatic carbocycles. The second kappa shape index (κ2) is 8.68. The lowest BCUT2D eigenvalue weighted by Gasteiger charge is -2.33. The average molecular weight is 443 g/mol. The summed E-state index contributed by atoms with van der Waals surface area (Å²) >= 11 is 1.73. The zero-order chi connectivity index (χ0) is 22.1. The Morgan fingerprint density at radius 2 is 2.03 bits per heavy atom. The first-order valence-corrected chi connectivity index (χ1v) is 11.5. The maximum Gasteiger partial charge on any atom is 0.137 e. The molecule has 162 valence electrons. The van der Waals surface area contributed by atoms with Crippen LogP contribution < -0.4 is 4.90 Å². The molecule has 0 atom stereocenters. The van der Waals surface area contributed by atoms with Crippen molar-refractivity contribution in [1.82, 2.24) is 19.9 Å². The van der Waals surface area contributed by atoms with Gasteiger partial charge in [0.1, 0.15) is 11.6 Å². The molecule has 0 saturated carbocycles. The number of likely N-dealkylation sites (N-methyl/N-ethyl adjacent to an activating group) is 1. The van der Waals surface area contributed by atoms with Crippen molar-refractivity contribution in [3.8, 4) is 10.4 Å². The highest BCUT2D eigenvalue weighted by atomic mass is 32.1. The Balaban J connectivity index is 1.45. The Labute approximate surface area is 192 Å². The van der Waals surface area contributed by atoms with Gasteiger partial charge in [-0.3, -0.25) is 4.98 Å². The van der Waals surface area contributed by atoms with E-state index in [4.69, 9.17) is 4.98 Å². The zero-order valence-electron chi connectivity index (χ0n) is 18.4. The number of hydrogen-bond donors (Lipinski definition) is 1. The summed E-state index contributed by atoms with van der Waals surface area (Å²) in [5, 5.41) is 1.20. The number of piperazine rings is 1. The van der Waals surface area contributed by atoms with E-state index in [-0.39, 0.29) is 0 Å². The first kappa shape index (κ1) is 20.6. The smallest absolute Gasteiger partial charge is 0.137 e. The molecule has 7 heteroatoms. The highest BCUT2D eigenvalue weighted by molar-refractivity contribution is 7.22. The number of aromatic nitrogens is 3. The number of nitrogens with zero attached hydrogens (tertiary/aromatic N) is 5. The number of rotatable bonds is 5. The number of pyridine rings is 2. The maximum absolute atomic E-state index is 4.75. The molecular formula is C25H26N6S. The summed E-state index contributed by atoms with van der Waals surface area (Å²) in [6, 6.07) is 8.53. The van der Waals surface area contributed by atoms with Crippen LogP contribution in [0.15, 0.2) is 54.0 Å². The minimum Gasteiger partial charge on any atom is -0.354 e. The molecule has 0 amide bonds. The molecule has 0 radical (unpaired) electrons. The lowest BCUT2D eigenvalue weighted by molar-refractivity contribution is 0.312. The lowest BCUT2D eigenvalue weighted by atomic mass is 10.0. The van der Waals surface area contributed by atoms with Gasteiger partial charge in [0.2, 0.25) is 0 Å². The fraction of sp³-hybridized carbons (Fsp3) is 0.240. The summed E-state index contributed by atoms with van der Waals surface area (Å²) < 4.78 is 1.17. The van der Waals surface area contributed by atoms with Crippen molar-refractivity contribution < 1.29 is 0 Å². The van der Waals surface area contributed by atoms with Gasteiger partial charge in [0.05, 0.1) is 4.70 Å². The number of fused-ring (bicyclic) bond motifs is 1. The van der Waals surface area contributed by atoms with Crippen LogP contribution in [0.25, 0.3) is 32.2 Å². The van der Waals surface area contributed by atoms with E-state index in [0.29, 0.717) is 0 Å². The van der Waals surface area contributed by atoms with Crippen LogP contribution in [-0.4, -0.2) is 59.8 Å². The summed E-state index contributed by atoms with van der Waals surface area (Å²) in [5.41, 5.74) is 4.40. The summed E-state index contributed by atoms with van der Waals surface area (Å²) in [4.78, 5) is 22.4. The molecule has 0 unspecified atom stereocenters. The fourth-order valence-corrected chi connectivity index (χ4v) is 5.12. The van der Waals surface area contributed by atoms with Crippen molar-refractivity contribution in [2.45, 2.75) is 6.92 Å². The van der Waals surface area contributed by atoms with Crippen molar-refractivity contribution in [1.29, 1.82) is 0 Å². The molecule has 5 rings (SSSR count). The van der Waals surface area contributed by atoms with Crippen LogP contribution in [0, 0.1) is 0 Å². The topological polar surface area (TPSA) is 60.4 Å². The van der Waals surface area contributed by atoms with Gasteiger partial charge >= 0.3 is 0 Å². The highest BCUT2D eigenvalue weighted by Gasteiger charge is 2.16. The number of thiophene rings is 1. The normalized spacial score (nSPS) is 15.4. The van der Waals surface area contributed by atoms with Gasteiger partial charge in [-0.1, -0.05) is 0 Å². The fourth-order valence-electron chi connectivity index (χ4n) is 4.06. The van der Waals surface area contributed by atoms with Crippen LogP contribution in [0.1, 0.15) is 18.1 Å². The molecule has 4 aromatic rings. The van der Waals surface area contributed by atoms with E-state index in [2.05, 4.69) is 69.7 Å². The van der Waals surface area contributed by atoms with Gasteiger partial charge in [-0.25, -0.2) is 9.98 Å². The molecule has 4 aromatic heterocycles. The van der Waals surface area contributed by atoms with Crippen molar-refractivity contribution in [2.75, 3.05) is 38.1 Å². The van der Waals surface area contributed by atoms with Gasteiger partial charge in [0.25, 0.3) is 0 Å². The number of anilines is 1. The lowest BCUT2D eigenvalue weighted by Crippen LogP contribution is -2.44. The molecule has 32 heavy (non-hydrogen) atoms. The van der Waals surface area contributed by atoms with Crippen LogP contribution >= 0.6 is 11.3 Å². The number of allylic oxidation sites excluding steroid dienone is 1. The van der Waals surface area contributed by atoms with Crippen molar-refractivity contribution in [2.24, 2.45) is 4.99 Å². The summed E-state index contributed by atoms with van der Waals surface area (Å²) in [6.07, 6.45) is 9.90. The van der Waals surface area contributed by atoms with E-state index in [1.165, 1.54) is 15.0 Å². The average Bonchev–Trinajstić information content (AvgIpc) is 3.43. The molecule has 0 aromatic carbocycles. The number of aromatic amines is 1. The van der Waals surface area contributed by atoms with Gasteiger partial charge in [0.15, 0.2) is 0 Å². The van der Waals surface area contributed by atoms with Gasteiger partial charge in [-0.2, -0.15) is 0 Å². The van der Waals surface area contributed by atoms with Crippen molar-refractivity contribution >= 4 is 51.4 Å². The third kappa shape index (κ3) is 3.97. The molecule has 6 nitrogen and oxygen atoms in total. The number of H-pyrrole nitrogens is 1. The molecule has 1 saturated heterocycles. The first-order valence-electron chi connectivity index (χ1n) is 10.7. The number of hydrogen-bond acceptors (Lipinski definition) is 6. The molecule has 1 aliphatic heterocycles. The second-order valence-corrected chi connectivity index (χ2v) is 9.25. The van der Waals surface area contributed by atoms with E-state index < -0.39 is 0 Å². The first-order chi connectivity index (χ1) is 15.6. The van der Waals surface area contributed by atoms with Gasteiger partial charge in [-0.05, 0) is 67.6 Å². The monoisotopic (exact) mass is 442 g/mol. The predicted molar refractivity (Wildman–Crippen MR) is 136 cm³/mol. The molecule has 1 N–H and O–H groups in total. The number of aliphatic imine (C=N–C) groups is 1. The minimum atomic E-state index is 0.775. The molecule has 1 aliphatic rings. The minimum absolute atomic E-state index is 0.775. The van der Waals surface area contributed by atoms with E-state index in [9.17, 15) is 0 Å². The summed E-state index contributed by atoms with van der Waals surface area (Å²) in [5.74, 6) is 1.82. The van der Waals surface area contributed by atoms with E-state index in [0.717, 1.165) is 60.1 Å². The third-order valence-electron chi connectivity index (χ3n) is 6.04. The zero-order valence-corrected chi connectivity index (χ0v) is 19.2. The molecular weight excluding hydrogens is 416 g/mol. The van der Waals surface area contributed by atoms with Crippen LogP contribution in [0.4, 0.5) is 11.6 Å². The van der Waals surface area contributed by atoms with E-state index in [1.54, 1.807) is 11.3 Å². The van der Waals surface area contributed by atoms with Crippen LogP contribution in [0.2, 0.25) is 0 Å². The summed E-state index contributed by atoms with van der Waals surface area (Å²) in [7, 11) is 2.17. The summed E-state index contributed by atoms with van der Waals surface area (Å²) in [6.45, 7) is 10.0. The van der Waals surface area contributed by atoms with Gasteiger partial charge in [0, 0.05) is 67.0 Å². The molecule has 0 spiro atoms. The van der Waals surface area contributed by atoms with E-state index >= 15 is 0 Å². The molecule has 1 fully saturated rings. The van der Waals surface area contributed by atoms with Crippen LogP contribution in [-0.2, 0) is 0 Å². The van der Waals surface area contributed by atoms with Gasteiger partial charge in [-0.15, -0.1) is 11.3 Å². The quantitative estimate of drug-likeness (QED) is 0.424. The Morgan fingerprint density at radius 3 is 2.75 bits per heavy atom. The predicted octanol–water partition coefficient (Wildman–Crippen LogP) is 5.33. The Kier molecular flexibility index (Phi) is 5.59. The van der Waals surface area contributed by atoms with Crippen molar-refractivity contribution in [3.05, 3.63) is 60.2 Å². The highest BCUT2D eigenvalue weighted by Crippen LogP contribution is 2.39. The molecule has 5 heterocycles. The third-order valence-corrected chi connectivity index (χ3v) is 7.16. The standard InChI is InChI=1S/C25H26N6S/c1-17(19-4-5-24(28-14-19)31-10-8-30(3)9-11-31)12-20-21(15-29-25(20)26-2)22-13-18-6-7-27-16-23(18)32-22/h4-7,12-16,29H,2,8-11H2,1,3H3/b17-12+. The second-order valence-electron chi connectivity index (χ2n) is 8.17. The maximum atomic E-state index is 4.75. The Hall–Kier alpha value is -3.29. The Morgan fingerprint density at radius 1 is 1.19 bits per heavy atom. The largest absolute Gasteiger partial charge is 0.354 e. The van der Waals surface area contributed by atoms with Crippen LogP contribution in [0.3, 0.4) is 0 Å². The molecule has 0 bridgehead atoms. The number of nitrogens with one attached hydrogen (secondary N) is 1. The Bertz CT molecular complexity index is 1240. The van der Waals surface area contributed by atoms with Gasteiger partial charge < -0.3 is 14.8 Å². The SMILES string of the molecule is C=Nc1[nH]cc(-c2cc3ccncc3s2)c1/C=C(\C)c1ccc(N2CCN(C)CC2)nc1. The van der Waals surface area contributed by atoms with Crippen molar-refractivity contribution in [3.63, 3.8) is 0 Å². The van der Waals surface area contributed by atoms with E-state index in [1.807, 2.05) is 30.9 Å².